The highest BCUT2D eigenvalue weighted by Gasteiger charge is 2.19. The van der Waals surface area contributed by atoms with Gasteiger partial charge < -0.3 is 14.2 Å². The molecular weight excluding hydrogens is 733 g/mol. The second-order valence-electron chi connectivity index (χ2n) is 19.1. The minimum Gasteiger partial charge on any atom is -0.462 e. The van der Waals surface area contributed by atoms with Crippen molar-refractivity contribution in [1.29, 1.82) is 0 Å². The van der Waals surface area contributed by atoms with E-state index in [0.29, 0.717) is 19.3 Å². The van der Waals surface area contributed by atoms with Crippen LogP contribution in [0.5, 0.6) is 0 Å². The van der Waals surface area contributed by atoms with Crippen LogP contribution in [-0.4, -0.2) is 37.2 Å². The normalized spacial score (nSPS) is 12.1. The molecule has 6 heteroatoms. The molecule has 6 nitrogen and oxygen atoms in total. The van der Waals surface area contributed by atoms with E-state index in [-0.39, 0.29) is 31.1 Å². The van der Waals surface area contributed by atoms with Crippen molar-refractivity contribution < 1.29 is 28.6 Å². The topological polar surface area (TPSA) is 78.9 Å². The average molecular weight is 835 g/mol. The number of esters is 3. The molecule has 0 spiro atoms. The van der Waals surface area contributed by atoms with Crippen LogP contribution in [0.1, 0.15) is 291 Å². The molecular formula is C53H102O6. The first-order chi connectivity index (χ1) is 28.7. The van der Waals surface area contributed by atoms with Crippen molar-refractivity contribution in [2.75, 3.05) is 13.2 Å². The predicted molar refractivity (Wildman–Crippen MR) is 252 cm³/mol. The second kappa shape index (κ2) is 45.9. The molecule has 350 valence electrons. The third kappa shape index (κ3) is 47.3. The van der Waals surface area contributed by atoms with Gasteiger partial charge in [-0.3, -0.25) is 14.4 Å². The molecule has 0 aromatic heterocycles. The molecule has 0 aromatic carbocycles. The highest BCUT2D eigenvalue weighted by atomic mass is 16.6. The number of carbonyl (C=O) groups excluding carboxylic acids is 3. The molecule has 0 amide bonds. The molecule has 0 aliphatic carbocycles. The Kier molecular flexibility index (Phi) is 44.7. The van der Waals surface area contributed by atoms with Crippen LogP contribution < -0.4 is 0 Å². The lowest BCUT2D eigenvalue weighted by Crippen LogP contribution is -2.30. The molecule has 0 radical (unpaired) electrons. The molecule has 0 aliphatic heterocycles. The van der Waals surface area contributed by atoms with Gasteiger partial charge in [0.2, 0.25) is 0 Å². The van der Waals surface area contributed by atoms with Gasteiger partial charge in [-0.2, -0.15) is 0 Å². The van der Waals surface area contributed by atoms with Crippen molar-refractivity contribution in [3.8, 4) is 0 Å². The van der Waals surface area contributed by atoms with Gasteiger partial charge in [0.05, 0.1) is 0 Å². The Labute approximate surface area is 368 Å². The van der Waals surface area contributed by atoms with Crippen LogP contribution in [0.4, 0.5) is 0 Å². The van der Waals surface area contributed by atoms with Crippen LogP contribution in [-0.2, 0) is 28.6 Å². The van der Waals surface area contributed by atoms with Gasteiger partial charge in [-0.15, -0.1) is 0 Å². The summed E-state index contributed by atoms with van der Waals surface area (Å²) in [5.41, 5.74) is 0. The Bertz CT molecular complexity index is 900. The number of ether oxygens (including phenoxy) is 3. The molecule has 0 aromatic rings. The average Bonchev–Trinajstić information content (AvgIpc) is 3.20. The predicted octanol–water partition coefficient (Wildman–Crippen LogP) is 16.9. The van der Waals surface area contributed by atoms with Gasteiger partial charge in [0, 0.05) is 19.3 Å². The van der Waals surface area contributed by atoms with Crippen LogP contribution in [0.3, 0.4) is 0 Å². The van der Waals surface area contributed by atoms with E-state index in [1.165, 1.54) is 180 Å². The van der Waals surface area contributed by atoms with E-state index in [1.54, 1.807) is 0 Å². The first-order valence-electron chi connectivity index (χ1n) is 26.2. The number of hydrogen-bond donors (Lipinski definition) is 0. The van der Waals surface area contributed by atoms with Gasteiger partial charge in [0.25, 0.3) is 0 Å². The summed E-state index contributed by atoms with van der Waals surface area (Å²) in [7, 11) is 0. The minimum atomic E-state index is -0.762. The van der Waals surface area contributed by atoms with Gasteiger partial charge in [-0.05, 0) is 31.1 Å². The van der Waals surface area contributed by atoms with E-state index < -0.39 is 6.10 Å². The number of hydrogen-bond acceptors (Lipinski definition) is 6. The fourth-order valence-electron chi connectivity index (χ4n) is 7.99. The molecule has 0 saturated heterocycles. The van der Waals surface area contributed by atoms with Crippen LogP contribution >= 0.6 is 0 Å². The summed E-state index contributed by atoms with van der Waals surface area (Å²) in [6.07, 6.45) is 46.7. The van der Waals surface area contributed by atoms with Crippen molar-refractivity contribution in [3.05, 3.63) is 0 Å². The smallest absolute Gasteiger partial charge is 0.306 e. The third-order valence-corrected chi connectivity index (χ3v) is 12.0. The lowest BCUT2D eigenvalue weighted by Gasteiger charge is -2.18. The summed E-state index contributed by atoms with van der Waals surface area (Å²) < 4.78 is 16.8. The van der Waals surface area contributed by atoms with Crippen molar-refractivity contribution in [2.45, 2.75) is 298 Å². The van der Waals surface area contributed by atoms with Gasteiger partial charge >= 0.3 is 17.9 Å². The quantitative estimate of drug-likeness (QED) is 0.0345. The van der Waals surface area contributed by atoms with Crippen LogP contribution in [0, 0.1) is 11.8 Å². The molecule has 59 heavy (non-hydrogen) atoms. The van der Waals surface area contributed by atoms with E-state index >= 15 is 0 Å². The summed E-state index contributed by atoms with van der Waals surface area (Å²) in [6.45, 7) is 11.3. The second-order valence-corrected chi connectivity index (χ2v) is 19.1. The first kappa shape index (κ1) is 57.4. The minimum absolute atomic E-state index is 0.0642. The largest absolute Gasteiger partial charge is 0.462 e. The molecule has 1 atom stereocenters. The molecule has 0 saturated carbocycles. The Hall–Kier alpha value is -1.59. The van der Waals surface area contributed by atoms with E-state index in [1.807, 2.05) is 0 Å². The standard InChI is InChI=1S/C53H102O6/c1-6-7-8-9-10-11-12-13-18-21-24-27-33-38-43-51(54)57-46-50(47-58-52(55)44-39-34-30-29-32-37-42-49(4)5)59-53(56)45-40-35-28-25-22-19-16-14-15-17-20-23-26-31-36-41-48(2)3/h48-50H,6-47H2,1-5H3/t50-/m1/s1. The molecule has 0 unspecified atom stereocenters. The molecule has 0 heterocycles. The summed E-state index contributed by atoms with van der Waals surface area (Å²) in [5, 5.41) is 0. The van der Waals surface area contributed by atoms with Crippen molar-refractivity contribution in [3.63, 3.8) is 0 Å². The molecule has 0 aliphatic rings. The Morgan fingerprint density at radius 1 is 0.322 bits per heavy atom. The number of unbranched alkanes of at least 4 members (excludes halogenated alkanes) is 32. The van der Waals surface area contributed by atoms with E-state index in [4.69, 9.17) is 14.2 Å². The summed E-state index contributed by atoms with van der Waals surface area (Å²) in [5.74, 6) is 0.760. The van der Waals surface area contributed by atoms with Crippen LogP contribution in [0.25, 0.3) is 0 Å². The van der Waals surface area contributed by atoms with Crippen LogP contribution in [0.15, 0.2) is 0 Å². The van der Waals surface area contributed by atoms with Crippen molar-refractivity contribution in [1.82, 2.24) is 0 Å². The Morgan fingerprint density at radius 3 is 0.831 bits per heavy atom. The summed E-state index contributed by atoms with van der Waals surface area (Å²) in [4.78, 5) is 37.9. The zero-order valence-electron chi connectivity index (χ0n) is 40.4. The SMILES string of the molecule is CCCCCCCCCCCCCCCCC(=O)OC[C@H](COC(=O)CCCCCCCCC(C)C)OC(=O)CCCCCCCCCCCCCCCCCC(C)C. The van der Waals surface area contributed by atoms with E-state index in [9.17, 15) is 14.4 Å². The van der Waals surface area contributed by atoms with Gasteiger partial charge in [-0.25, -0.2) is 0 Å². The molecule has 0 N–H and O–H groups in total. The first-order valence-corrected chi connectivity index (χ1v) is 26.2. The lowest BCUT2D eigenvalue weighted by atomic mass is 10.0. The molecule has 0 rings (SSSR count). The summed E-state index contributed by atoms with van der Waals surface area (Å²) in [6, 6.07) is 0. The number of rotatable bonds is 47. The summed E-state index contributed by atoms with van der Waals surface area (Å²) >= 11 is 0. The zero-order chi connectivity index (χ0) is 43.3. The Morgan fingerprint density at radius 2 is 0.559 bits per heavy atom. The number of carbonyl (C=O) groups is 3. The van der Waals surface area contributed by atoms with Crippen LogP contribution in [0.2, 0.25) is 0 Å². The fourth-order valence-corrected chi connectivity index (χ4v) is 7.99. The lowest BCUT2D eigenvalue weighted by molar-refractivity contribution is -0.167. The van der Waals surface area contributed by atoms with Crippen molar-refractivity contribution in [2.24, 2.45) is 11.8 Å². The van der Waals surface area contributed by atoms with Crippen molar-refractivity contribution >= 4 is 17.9 Å². The Balaban J connectivity index is 4.25. The van der Waals surface area contributed by atoms with Gasteiger partial charge in [0.1, 0.15) is 13.2 Å². The maximum atomic E-state index is 12.8. The van der Waals surface area contributed by atoms with E-state index in [2.05, 4.69) is 34.6 Å². The highest BCUT2D eigenvalue weighted by Crippen LogP contribution is 2.17. The zero-order valence-corrected chi connectivity index (χ0v) is 40.4. The highest BCUT2D eigenvalue weighted by molar-refractivity contribution is 5.71. The van der Waals surface area contributed by atoms with E-state index in [0.717, 1.165) is 69.6 Å². The third-order valence-electron chi connectivity index (χ3n) is 12.0. The maximum absolute atomic E-state index is 12.8. The monoisotopic (exact) mass is 835 g/mol. The molecule has 0 bridgehead atoms. The fraction of sp³-hybridized carbons (Fsp3) is 0.943. The van der Waals surface area contributed by atoms with Gasteiger partial charge in [0.15, 0.2) is 6.10 Å². The van der Waals surface area contributed by atoms with Gasteiger partial charge in [-0.1, -0.05) is 253 Å². The maximum Gasteiger partial charge on any atom is 0.306 e. The molecule has 0 fully saturated rings.